The number of fused-ring (bicyclic) bond motifs is 1. The number of benzene rings is 1. The molecule has 1 aromatic rings. The van der Waals surface area contributed by atoms with Crippen LogP contribution >= 0.6 is 81.2 Å². The summed E-state index contributed by atoms with van der Waals surface area (Å²) in [5.74, 6) is -2.21. The molecular weight excluding hydrogens is 444 g/mol. The van der Waals surface area contributed by atoms with E-state index in [9.17, 15) is 14.4 Å². The second-order valence-corrected chi connectivity index (χ2v) is 7.44. The fraction of sp³-hybridized carbons (Fsp3) is 0.100. The van der Waals surface area contributed by atoms with Gasteiger partial charge in [0.15, 0.2) is 0 Å². The molecule has 1 aliphatic rings. The lowest BCUT2D eigenvalue weighted by Gasteiger charge is -2.06. The molecular formula is C10H3Cl7N2O3. The lowest BCUT2D eigenvalue weighted by Crippen LogP contribution is -2.27. The fourth-order valence-electron chi connectivity index (χ4n) is 1.29. The van der Waals surface area contributed by atoms with Gasteiger partial charge in [0.25, 0.3) is 21.5 Å². The molecule has 3 N–H and O–H groups in total. The van der Waals surface area contributed by atoms with E-state index in [4.69, 9.17) is 81.2 Å². The molecule has 0 bridgehead atoms. The van der Waals surface area contributed by atoms with Gasteiger partial charge in [-0.1, -0.05) is 81.2 Å². The lowest BCUT2D eigenvalue weighted by molar-refractivity contribution is -0.117. The number of carbonyl (C=O) groups is 3. The van der Waals surface area contributed by atoms with Crippen molar-refractivity contribution >= 4 is 98.9 Å². The van der Waals surface area contributed by atoms with Gasteiger partial charge < -0.3 is 5.73 Å². The van der Waals surface area contributed by atoms with E-state index in [0.29, 0.717) is 0 Å². The number of imide groups is 1. The smallest absolute Gasteiger partial charge is 0.269 e. The SMILES string of the molecule is NC(=O)C(Cl)(Cl)Cl.O=C1NC(=O)c2c(Cl)c(Cl)c(Cl)c(Cl)c21. The Kier molecular flexibility index (Phi) is 6.49. The number of rotatable bonds is 0. The van der Waals surface area contributed by atoms with Gasteiger partial charge in [0.05, 0.1) is 31.2 Å². The minimum Gasteiger partial charge on any atom is -0.366 e. The van der Waals surface area contributed by atoms with Crippen LogP contribution in [0.1, 0.15) is 20.7 Å². The molecule has 0 saturated heterocycles. The Bertz CT molecular complexity index is 639. The van der Waals surface area contributed by atoms with Gasteiger partial charge in [0.1, 0.15) is 0 Å². The molecule has 3 amide bonds. The number of nitrogens with two attached hydrogens (primary N) is 1. The van der Waals surface area contributed by atoms with Gasteiger partial charge >= 0.3 is 0 Å². The zero-order valence-electron chi connectivity index (χ0n) is 9.95. The molecule has 1 aromatic carbocycles. The normalized spacial score (nSPS) is 13.2. The summed E-state index contributed by atoms with van der Waals surface area (Å²) in [5, 5.41) is 1.85. The molecule has 0 saturated carbocycles. The fourth-order valence-corrected chi connectivity index (χ4v) is 2.31. The van der Waals surface area contributed by atoms with Crippen molar-refractivity contribution in [2.45, 2.75) is 3.79 Å². The summed E-state index contributed by atoms with van der Waals surface area (Å²) in [4.78, 5) is 32.5. The maximum absolute atomic E-state index is 11.3. The number of carbonyl (C=O) groups excluding carboxylic acids is 3. The van der Waals surface area contributed by atoms with Crippen LogP contribution in [0.4, 0.5) is 0 Å². The Hall–Kier alpha value is -0.140. The van der Waals surface area contributed by atoms with Crippen LogP contribution in [0, 0.1) is 0 Å². The Balaban J connectivity index is 0.000000295. The van der Waals surface area contributed by atoms with Crippen molar-refractivity contribution in [2.75, 3.05) is 0 Å². The van der Waals surface area contributed by atoms with Gasteiger partial charge in [0, 0.05) is 0 Å². The second-order valence-electron chi connectivity index (χ2n) is 3.65. The lowest BCUT2D eigenvalue weighted by atomic mass is 10.1. The molecule has 0 atom stereocenters. The Morgan fingerprint density at radius 3 is 1.32 bits per heavy atom. The first-order valence-corrected chi connectivity index (χ1v) is 7.62. The first kappa shape index (κ1) is 19.9. The molecule has 12 heteroatoms. The zero-order chi connectivity index (χ0) is 17.4. The number of amides is 3. The maximum Gasteiger partial charge on any atom is 0.269 e. The zero-order valence-corrected chi connectivity index (χ0v) is 15.2. The van der Waals surface area contributed by atoms with Crippen LogP contribution in [0.3, 0.4) is 0 Å². The van der Waals surface area contributed by atoms with E-state index < -0.39 is 21.5 Å². The van der Waals surface area contributed by atoms with E-state index in [1.807, 2.05) is 0 Å². The summed E-state index contributed by atoms with van der Waals surface area (Å²) in [6.07, 6.45) is 0. The average molecular weight is 447 g/mol. The number of nitrogens with one attached hydrogen (secondary N) is 1. The van der Waals surface area contributed by atoms with Crippen molar-refractivity contribution in [1.82, 2.24) is 5.32 Å². The molecule has 0 radical (unpaired) electrons. The quantitative estimate of drug-likeness (QED) is 0.273. The van der Waals surface area contributed by atoms with E-state index in [2.05, 4.69) is 11.1 Å². The third-order valence-corrected chi connectivity index (χ3v) is 4.59. The van der Waals surface area contributed by atoms with Crippen molar-refractivity contribution < 1.29 is 14.4 Å². The molecule has 0 spiro atoms. The minimum absolute atomic E-state index is 0.0268. The van der Waals surface area contributed by atoms with Crippen LogP contribution in [-0.2, 0) is 4.79 Å². The first-order chi connectivity index (χ1) is 9.89. The van der Waals surface area contributed by atoms with Gasteiger partial charge in [0.2, 0.25) is 0 Å². The van der Waals surface area contributed by atoms with Crippen molar-refractivity contribution in [1.29, 1.82) is 0 Å². The van der Waals surface area contributed by atoms with Gasteiger partial charge in [-0.2, -0.15) is 0 Å². The molecule has 1 aliphatic heterocycles. The highest BCUT2D eigenvalue weighted by Gasteiger charge is 2.35. The summed E-state index contributed by atoms with van der Waals surface area (Å²) < 4.78 is -1.94. The highest BCUT2D eigenvalue weighted by atomic mass is 35.6. The Morgan fingerprint density at radius 2 is 1.09 bits per heavy atom. The third kappa shape index (κ3) is 4.03. The van der Waals surface area contributed by atoms with Crippen LogP contribution in [0.25, 0.3) is 0 Å². The van der Waals surface area contributed by atoms with Gasteiger partial charge in [-0.25, -0.2) is 0 Å². The van der Waals surface area contributed by atoms with Crippen molar-refractivity contribution in [2.24, 2.45) is 5.73 Å². The highest BCUT2D eigenvalue weighted by Crippen LogP contribution is 2.42. The summed E-state index contributed by atoms with van der Waals surface area (Å²) in [7, 11) is 0. The summed E-state index contributed by atoms with van der Waals surface area (Å²) in [6.45, 7) is 0. The van der Waals surface area contributed by atoms with E-state index in [1.165, 1.54) is 0 Å². The van der Waals surface area contributed by atoms with Crippen molar-refractivity contribution in [3.63, 3.8) is 0 Å². The summed E-state index contributed by atoms with van der Waals surface area (Å²) in [5.41, 5.74) is 4.48. The van der Waals surface area contributed by atoms with E-state index in [1.54, 1.807) is 0 Å². The standard InChI is InChI=1S/C8HCl4NO2.C2H2Cl3NO/c9-3-1-2(8(15)13-7(1)14)4(10)6(12)5(3)11;3-2(4,5)1(6)7/h(H,13,14,15);(H2,6,7). The van der Waals surface area contributed by atoms with Crippen molar-refractivity contribution in [3.8, 4) is 0 Å². The Morgan fingerprint density at radius 1 is 0.818 bits per heavy atom. The van der Waals surface area contributed by atoms with E-state index in [-0.39, 0.29) is 31.2 Å². The molecule has 0 fully saturated rings. The average Bonchev–Trinajstić information content (AvgIpc) is 2.68. The third-order valence-electron chi connectivity index (χ3n) is 2.23. The highest BCUT2D eigenvalue weighted by molar-refractivity contribution is 6.76. The number of hydrogen-bond acceptors (Lipinski definition) is 3. The molecule has 22 heavy (non-hydrogen) atoms. The monoisotopic (exact) mass is 444 g/mol. The molecule has 2 rings (SSSR count). The molecule has 0 aromatic heterocycles. The van der Waals surface area contributed by atoms with E-state index >= 15 is 0 Å². The predicted molar refractivity (Wildman–Crippen MR) is 87.8 cm³/mol. The maximum atomic E-state index is 11.3. The molecule has 0 unspecified atom stereocenters. The molecule has 0 aliphatic carbocycles. The van der Waals surface area contributed by atoms with Crippen LogP contribution in [0.2, 0.25) is 20.1 Å². The molecule has 1 heterocycles. The van der Waals surface area contributed by atoms with Crippen LogP contribution in [0.15, 0.2) is 0 Å². The predicted octanol–water partition coefficient (Wildman–Crippen LogP) is 4.03. The van der Waals surface area contributed by atoms with Gasteiger partial charge in [-0.05, 0) is 0 Å². The van der Waals surface area contributed by atoms with Gasteiger partial charge in [-0.15, -0.1) is 0 Å². The number of halogens is 7. The first-order valence-electron chi connectivity index (χ1n) is 4.97. The minimum atomic E-state index is -1.94. The number of alkyl halides is 3. The summed E-state index contributed by atoms with van der Waals surface area (Å²) in [6, 6.07) is 0. The Labute approximate surface area is 158 Å². The summed E-state index contributed by atoms with van der Waals surface area (Å²) >= 11 is 37.8. The number of hydrogen-bond donors (Lipinski definition) is 2. The van der Waals surface area contributed by atoms with E-state index in [0.717, 1.165) is 0 Å². The van der Waals surface area contributed by atoms with Crippen molar-refractivity contribution in [3.05, 3.63) is 31.2 Å². The van der Waals surface area contributed by atoms with Crippen LogP contribution < -0.4 is 11.1 Å². The molecule has 120 valence electrons. The second kappa shape index (κ2) is 7.18. The van der Waals surface area contributed by atoms with Crippen LogP contribution in [-0.4, -0.2) is 21.5 Å². The topological polar surface area (TPSA) is 89.3 Å². The van der Waals surface area contributed by atoms with Gasteiger partial charge in [-0.3, -0.25) is 19.7 Å². The number of primary amides is 1. The molecule has 5 nitrogen and oxygen atoms in total. The van der Waals surface area contributed by atoms with Crippen LogP contribution in [0.5, 0.6) is 0 Å². The largest absolute Gasteiger partial charge is 0.366 e.